The van der Waals surface area contributed by atoms with E-state index in [1.165, 1.54) is 11.3 Å². The topological polar surface area (TPSA) is 52.3 Å². The van der Waals surface area contributed by atoms with Crippen LogP contribution >= 0.6 is 22.9 Å². The smallest absolute Gasteiger partial charge is 0.350 e. The molecule has 0 atom stereocenters. The lowest BCUT2D eigenvalue weighted by atomic mass is 10.0. The molecular weight excluding hydrogens is 294 g/mol. The minimum Gasteiger partial charge on any atom is -0.462 e. The van der Waals surface area contributed by atoms with Crippen molar-refractivity contribution in [3.8, 4) is 10.4 Å². The lowest BCUT2D eigenvalue weighted by Gasteiger charge is -2.05. The van der Waals surface area contributed by atoms with Crippen LogP contribution in [0.1, 0.15) is 27.7 Å². The minimum absolute atomic E-state index is 0.334. The zero-order chi connectivity index (χ0) is 14.9. The van der Waals surface area contributed by atoms with Gasteiger partial charge >= 0.3 is 5.97 Å². The highest BCUT2D eigenvalue weighted by Crippen LogP contribution is 2.40. The fourth-order valence-electron chi connectivity index (χ4n) is 1.97. The summed E-state index contributed by atoms with van der Waals surface area (Å²) in [5.41, 5.74) is 9.51. The Bertz CT molecular complexity index is 664. The number of thiophene rings is 1. The van der Waals surface area contributed by atoms with Gasteiger partial charge in [-0.3, -0.25) is 0 Å². The van der Waals surface area contributed by atoms with Gasteiger partial charge in [-0.2, -0.15) is 0 Å². The molecule has 1 aromatic heterocycles. The van der Waals surface area contributed by atoms with Crippen molar-refractivity contribution in [2.24, 2.45) is 0 Å². The van der Waals surface area contributed by atoms with Crippen LogP contribution in [-0.2, 0) is 4.74 Å². The maximum Gasteiger partial charge on any atom is 0.350 e. The largest absolute Gasteiger partial charge is 0.462 e. The van der Waals surface area contributed by atoms with Crippen LogP contribution in [0.3, 0.4) is 0 Å². The van der Waals surface area contributed by atoms with Crippen molar-refractivity contribution in [2.45, 2.75) is 20.8 Å². The highest BCUT2D eigenvalue weighted by atomic mass is 35.5. The van der Waals surface area contributed by atoms with Crippen LogP contribution < -0.4 is 5.73 Å². The van der Waals surface area contributed by atoms with E-state index in [9.17, 15) is 4.79 Å². The summed E-state index contributed by atoms with van der Waals surface area (Å²) in [5, 5.41) is 0.662. The number of esters is 1. The standard InChI is InChI=1S/C15H16ClNO2S/c1-4-19-15(18)14-12(17)9(3)13(20-14)11-7-10(16)6-5-8(11)2/h5-7H,4,17H2,1-3H3. The summed E-state index contributed by atoms with van der Waals surface area (Å²) in [6.45, 7) is 6.02. The Morgan fingerprint density at radius 3 is 2.75 bits per heavy atom. The van der Waals surface area contributed by atoms with Crippen LogP contribution in [-0.4, -0.2) is 12.6 Å². The van der Waals surface area contributed by atoms with E-state index in [1.807, 2.05) is 32.0 Å². The predicted octanol–water partition coefficient (Wildman–Crippen LogP) is 4.44. The summed E-state index contributed by atoms with van der Waals surface area (Å²) < 4.78 is 5.03. The van der Waals surface area contributed by atoms with Crippen molar-refractivity contribution < 1.29 is 9.53 Å². The molecule has 0 aliphatic carbocycles. The monoisotopic (exact) mass is 309 g/mol. The van der Waals surface area contributed by atoms with Gasteiger partial charge in [0, 0.05) is 9.90 Å². The van der Waals surface area contributed by atoms with Crippen molar-refractivity contribution in [1.29, 1.82) is 0 Å². The third-order valence-electron chi connectivity index (χ3n) is 3.10. The Hall–Kier alpha value is -1.52. The number of nitrogens with two attached hydrogens (primary N) is 1. The number of nitrogen functional groups attached to an aromatic ring is 1. The maximum atomic E-state index is 11.9. The van der Waals surface area contributed by atoms with Gasteiger partial charge < -0.3 is 10.5 Å². The van der Waals surface area contributed by atoms with E-state index in [-0.39, 0.29) is 5.97 Å². The Labute approximate surface area is 127 Å². The number of ether oxygens (including phenoxy) is 1. The van der Waals surface area contributed by atoms with E-state index >= 15 is 0 Å². The Kier molecular flexibility index (Phi) is 4.35. The molecule has 0 amide bonds. The molecule has 0 saturated carbocycles. The molecule has 0 spiro atoms. The van der Waals surface area contributed by atoms with Crippen molar-refractivity contribution >= 4 is 34.6 Å². The van der Waals surface area contributed by atoms with Crippen LogP contribution in [0.5, 0.6) is 0 Å². The van der Waals surface area contributed by atoms with Crippen molar-refractivity contribution in [3.63, 3.8) is 0 Å². The average Bonchev–Trinajstić information content (AvgIpc) is 2.70. The molecule has 3 nitrogen and oxygen atoms in total. The summed E-state index contributed by atoms with van der Waals surface area (Å²) in [5.74, 6) is -0.371. The highest BCUT2D eigenvalue weighted by Gasteiger charge is 2.21. The molecule has 2 N–H and O–H groups in total. The maximum absolute atomic E-state index is 11.9. The van der Waals surface area contributed by atoms with E-state index in [2.05, 4.69) is 0 Å². The van der Waals surface area contributed by atoms with Crippen LogP contribution in [0.15, 0.2) is 18.2 Å². The normalized spacial score (nSPS) is 10.6. The second kappa shape index (κ2) is 5.85. The Morgan fingerprint density at radius 1 is 1.40 bits per heavy atom. The van der Waals surface area contributed by atoms with Gasteiger partial charge in [0.1, 0.15) is 4.88 Å². The number of hydrogen-bond donors (Lipinski definition) is 1. The second-order valence-electron chi connectivity index (χ2n) is 4.48. The number of aryl methyl sites for hydroxylation is 1. The van der Waals surface area contributed by atoms with E-state index in [1.54, 1.807) is 6.92 Å². The molecule has 20 heavy (non-hydrogen) atoms. The first-order valence-electron chi connectivity index (χ1n) is 6.28. The third-order valence-corrected chi connectivity index (χ3v) is 4.65. The van der Waals surface area contributed by atoms with Gasteiger partial charge in [-0.1, -0.05) is 17.7 Å². The van der Waals surface area contributed by atoms with E-state index in [0.29, 0.717) is 22.2 Å². The minimum atomic E-state index is -0.371. The summed E-state index contributed by atoms with van der Waals surface area (Å²) in [4.78, 5) is 13.3. The number of carbonyl (C=O) groups is 1. The summed E-state index contributed by atoms with van der Waals surface area (Å²) in [6.07, 6.45) is 0. The zero-order valence-electron chi connectivity index (χ0n) is 11.6. The van der Waals surface area contributed by atoms with Crippen LogP contribution in [0, 0.1) is 13.8 Å². The highest BCUT2D eigenvalue weighted by molar-refractivity contribution is 7.18. The van der Waals surface area contributed by atoms with Crippen molar-refractivity contribution in [1.82, 2.24) is 0 Å². The van der Waals surface area contributed by atoms with E-state index in [0.717, 1.165) is 21.6 Å². The Balaban J connectivity index is 2.56. The number of carbonyl (C=O) groups excluding carboxylic acids is 1. The first kappa shape index (κ1) is 14.9. The van der Waals surface area contributed by atoms with Gasteiger partial charge in [0.05, 0.1) is 12.3 Å². The molecule has 0 fully saturated rings. The van der Waals surface area contributed by atoms with Gasteiger partial charge in [-0.15, -0.1) is 11.3 Å². The molecule has 0 saturated heterocycles. The van der Waals surface area contributed by atoms with Crippen molar-refractivity contribution in [2.75, 3.05) is 12.3 Å². The SMILES string of the molecule is CCOC(=O)c1sc(-c2cc(Cl)ccc2C)c(C)c1N. The van der Waals surface area contributed by atoms with Crippen LogP contribution in [0.25, 0.3) is 10.4 Å². The summed E-state index contributed by atoms with van der Waals surface area (Å²) in [6, 6.07) is 5.69. The molecule has 0 radical (unpaired) electrons. The molecule has 0 aliphatic rings. The number of halogens is 1. The molecule has 0 aliphatic heterocycles. The number of hydrogen-bond acceptors (Lipinski definition) is 4. The van der Waals surface area contributed by atoms with Crippen LogP contribution in [0.4, 0.5) is 5.69 Å². The van der Waals surface area contributed by atoms with Gasteiger partial charge in [-0.05, 0) is 49.6 Å². The molecule has 0 unspecified atom stereocenters. The molecule has 1 heterocycles. The zero-order valence-corrected chi connectivity index (χ0v) is 13.2. The Morgan fingerprint density at radius 2 is 2.10 bits per heavy atom. The first-order valence-corrected chi connectivity index (χ1v) is 7.47. The van der Waals surface area contributed by atoms with E-state index in [4.69, 9.17) is 22.1 Å². The molecular formula is C15H16ClNO2S. The van der Waals surface area contributed by atoms with Gasteiger partial charge in [-0.25, -0.2) is 4.79 Å². The number of benzene rings is 1. The molecule has 2 aromatic rings. The molecule has 0 bridgehead atoms. The first-order chi connectivity index (χ1) is 9.45. The van der Waals surface area contributed by atoms with Gasteiger partial charge in [0.2, 0.25) is 0 Å². The molecule has 106 valence electrons. The summed E-state index contributed by atoms with van der Waals surface area (Å²) >= 11 is 7.41. The predicted molar refractivity (Wildman–Crippen MR) is 84.6 cm³/mol. The fraction of sp³-hybridized carbons (Fsp3) is 0.267. The summed E-state index contributed by atoms with van der Waals surface area (Å²) in [7, 11) is 0. The molecule has 1 aromatic carbocycles. The second-order valence-corrected chi connectivity index (χ2v) is 5.94. The average molecular weight is 310 g/mol. The number of anilines is 1. The van der Waals surface area contributed by atoms with Crippen LogP contribution in [0.2, 0.25) is 5.02 Å². The molecule has 5 heteroatoms. The van der Waals surface area contributed by atoms with E-state index < -0.39 is 0 Å². The van der Waals surface area contributed by atoms with Crippen molar-refractivity contribution in [3.05, 3.63) is 39.2 Å². The van der Waals surface area contributed by atoms with Gasteiger partial charge in [0.15, 0.2) is 0 Å². The molecule has 2 rings (SSSR count). The fourth-order valence-corrected chi connectivity index (χ4v) is 3.34. The quantitative estimate of drug-likeness (QED) is 0.852. The lowest BCUT2D eigenvalue weighted by molar-refractivity contribution is 0.0533. The lowest BCUT2D eigenvalue weighted by Crippen LogP contribution is -2.05. The van der Waals surface area contributed by atoms with Gasteiger partial charge in [0.25, 0.3) is 0 Å². The number of rotatable bonds is 3. The third kappa shape index (κ3) is 2.67.